The van der Waals surface area contributed by atoms with Gasteiger partial charge in [0.05, 0.1) is 0 Å². The van der Waals surface area contributed by atoms with E-state index in [0.717, 1.165) is 6.54 Å². The monoisotopic (exact) mass is 347 g/mol. The number of piperazine rings is 1. The molecule has 0 aliphatic carbocycles. The number of nitrogens with zero attached hydrogens (tertiary/aromatic N) is 3. The summed E-state index contributed by atoms with van der Waals surface area (Å²) in [4.78, 5) is 6.35. The number of pyridine rings is 1. The Morgan fingerprint density at radius 2 is 2.00 bits per heavy atom. The molecule has 7 heteroatoms. The van der Waals surface area contributed by atoms with Crippen molar-refractivity contribution in [2.45, 2.75) is 24.3 Å². The lowest BCUT2D eigenvalue weighted by Gasteiger charge is -2.44. The van der Waals surface area contributed by atoms with E-state index in [9.17, 15) is 8.42 Å². The summed E-state index contributed by atoms with van der Waals surface area (Å²) in [6, 6.07) is 1.59. The molecule has 5 nitrogen and oxygen atoms in total. The molecule has 0 radical (unpaired) electrons. The van der Waals surface area contributed by atoms with E-state index in [1.165, 1.54) is 10.5 Å². The first kappa shape index (κ1) is 14.9. The Hall–Kier alpha value is -0.500. The zero-order chi connectivity index (χ0) is 14.3. The van der Waals surface area contributed by atoms with Gasteiger partial charge in [-0.2, -0.15) is 4.31 Å². The maximum absolute atomic E-state index is 12.6. The Bertz CT molecular complexity index is 574. The van der Waals surface area contributed by atoms with E-state index in [2.05, 4.69) is 25.8 Å². The molecule has 0 atom stereocenters. The average Bonchev–Trinajstić information content (AvgIpc) is 2.32. The van der Waals surface area contributed by atoms with Crippen molar-refractivity contribution in [3.8, 4) is 0 Å². The molecule has 2 heterocycles. The molecule has 0 bridgehead atoms. The first-order valence-electron chi connectivity index (χ1n) is 6.05. The van der Waals surface area contributed by atoms with Crippen LogP contribution in [0.1, 0.15) is 13.8 Å². The van der Waals surface area contributed by atoms with Gasteiger partial charge in [-0.3, -0.25) is 9.88 Å². The highest BCUT2D eigenvalue weighted by molar-refractivity contribution is 9.10. The standard InChI is InChI=1S/C12H18BrN3O2S/c1-12(2)9-16(5-4-15(12)3)19(17,18)11-6-10(13)7-14-8-11/h6-8H,4-5,9H2,1-3H3. The van der Waals surface area contributed by atoms with Crippen LogP contribution in [0.3, 0.4) is 0 Å². The normalized spacial score (nSPS) is 21.5. The number of hydrogen-bond donors (Lipinski definition) is 0. The maximum atomic E-state index is 12.6. The Balaban J connectivity index is 2.31. The van der Waals surface area contributed by atoms with E-state index in [1.54, 1.807) is 12.3 Å². The molecule has 1 aromatic rings. The lowest BCUT2D eigenvalue weighted by molar-refractivity contribution is 0.0801. The second-order valence-electron chi connectivity index (χ2n) is 5.41. The van der Waals surface area contributed by atoms with Gasteiger partial charge in [0.25, 0.3) is 0 Å². The molecule has 1 aromatic heterocycles. The van der Waals surface area contributed by atoms with Crippen LogP contribution in [0.2, 0.25) is 0 Å². The molecule has 0 N–H and O–H groups in total. The summed E-state index contributed by atoms with van der Waals surface area (Å²) in [5, 5.41) is 0. The SMILES string of the molecule is CN1CCN(S(=O)(=O)c2cncc(Br)c2)CC1(C)C. The topological polar surface area (TPSA) is 53.5 Å². The van der Waals surface area contributed by atoms with E-state index in [4.69, 9.17) is 0 Å². The van der Waals surface area contributed by atoms with Crippen LogP contribution in [-0.4, -0.2) is 54.8 Å². The molecule has 0 unspecified atom stereocenters. The summed E-state index contributed by atoms with van der Waals surface area (Å²) in [6.07, 6.45) is 2.97. The molecule has 0 amide bonds. The first-order chi connectivity index (χ1) is 8.73. The molecule has 1 saturated heterocycles. The minimum atomic E-state index is -3.46. The van der Waals surface area contributed by atoms with Gasteiger partial charge in [-0.15, -0.1) is 0 Å². The highest BCUT2D eigenvalue weighted by atomic mass is 79.9. The quantitative estimate of drug-likeness (QED) is 0.814. The minimum absolute atomic E-state index is 0.162. The minimum Gasteiger partial charge on any atom is -0.299 e. The van der Waals surface area contributed by atoms with Gasteiger partial charge in [0.2, 0.25) is 10.0 Å². The summed E-state index contributed by atoms with van der Waals surface area (Å²) in [5.41, 5.74) is -0.162. The van der Waals surface area contributed by atoms with Gasteiger partial charge in [-0.1, -0.05) is 0 Å². The largest absolute Gasteiger partial charge is 0.299 e. The van der Waals surface area contributed by atoms with Crippen LogP contribution < -0.4 is 0 Å². The van der Waals surface area contributed by atoms with Crippen LogP contribution in [0.5, 0.6) is 0 Å². The summed E-state index contributed by atoms with van der Waals surface area (Å²) >= 11 is 3.26. The molecule has 2 rings (SSSR count). The molecule has 1 aliphatic heterocycles. The molecular formula is C12H18BrN3O2S. The van der Waals surface area contributed by atoms with Gasteiger partial charge in [-0.25, -0.2) is 8.42 Å². The van der Waals surface area contributed by atoms with Crippen molar-refractivity contribution in [1.82, 2.24) is 14.2 Å². The van der Waals surface area contributed by atoms with Gasteiger partial charge in [-0.05, 0) is 42.9 Å². The van der Waals surface area contributed by atoms with Crippen LogP contribution in [0, 0.1) is 0 Å². The van der Waals surface area contributed by atoms with E-state index >= 15 is 0 Å². The fourth-order valence-electron chi connectivity index (χ4n) is 2.08. The first-order valence-corrected chi connectivity index (χ1v) is 8.29. The Morgan fingerprint density at radius 3 is 2.58 bits per heavy atom. The van der Waals surface area contributed by atoms with E-state index < -0.39 is 10.0 Å². The Kier molecular flexibility index (Phi) is 4.02. The third-order valence-corrected chi connectivity index (χ3v) is 5.84. The number of likely N-dealkylation sites (N-methyl/N-ethyl adjacent to an activating group) is 1. The molecule has 0 aromatic carbocycles. The Labute approximate surface area is 122 Å². The van der Waals surface area contributed by atoms with Crippen LogP contribution in [-0.2, 0) is 10.0 Å². The second-order valence-corrected chi connectivity index (χ2v) is 8.27. The summed E-state index contributed by atoms with van der Waals surface area (Å²) in [6.45, 7) is 5.82. The second kappa shape index (κ2) is 5.12. The predicted octanol–water partition coefficient (Wildman–Crippen LogP) is 1.56. The smallest absolute Gasteiger partial charge is 0.244 e. The van der Waals surface area contributed by atoms with Crippen molar-refractivity contribution >= 4 is 26.0 Å². The predicted molar refractivity (Wildman–Crippen MR) is 77.4 cm³/mol. The van der Waals surface area contributed by atoms with Crippen molar-refractivity contribution in [3.63, 3.8) is 0 Å². The summed E-state index contributed by atoms with van der Waals surface area (Å²) < 4.78 is 27.4. The molecule has 0 spiro atoms. The molecule has 0 saturated carbocycles. The van der Waals surface area contributed by atoms with Crippen LogP contribution in [0.25, 0.3) is 0 Å². The Morgan fingerprint density at radius 1 is 1.32 bits per heavy atom. The van der Waals surface area contributed by atoms with Crippen molar-refractivity contribution in [1.29, 1.82) is 0 Å². The number of rotatable bonds is 2. The highest BCUT2D eigenvalue weighted by Gasteiger charge is 2.37. The third kappa shape index (κ3) is 2.99. The number of aromatic nitrogens is 1. The summed E-state index contributed by atoms with van der Waals surface area (Å²) in [5.74, 6) is 0. The summed E-state index contributed by atoms with van der Waals surface area (Å²) in [7, 11) is -1.45. The van der Waals surface area contributed by atoms with Crippen molar-refractivity contribution < 1.29 is 8.42 Å². The zero-order valence-electron chi connectivity index (χ0n) is 11.3. The maximum Gasteiger partial charge on any atom is 0.244 e. The van der Waals surface area contributed by atoms with E-state index in [-0.39, 0.29) is 10.4 Å². The van der Waals surface area contributed by atoms with Crippen LogP contribution in [0.4, 0.5) is 0 Å². The third-order valence-electron chi connectivity index (χ3n) is 3.60. The lowest BCUT2D eigenvalue weighted by atomic mass is 10.0. The number of halogens is 1. The van der Waals surface area contributed by atoms with Crippen LogP contribution in [0.15, 0.2) is 27.8 Å². The van der Waals surface area contributed by atoms with Crippen molar-refractivity contribution in [2.24, 2.45) is 0 Å². The molecule has 1 aliphatic rings. The molecule has 106 valence electrons. The number of hydrogen-bond acceptors (Lipinski definition) is 4. The van der Waals surface area contributed by atoms with E-state index in [0.29, 0.717) is 17.6 Å². The lowest BCUT2D eigenvalue weighted by Crippen LogP contribution is -2.58. The van der Waals surface area contributed by atoms with E-state index in [1.807, 2.05) is 20.9 Å². The van der Waals surface area contributed by atoms with Gasteiger partial charge in [0.1, 0.15) is 4.90 Å². The molecule has 19 heavy (non-hydrogen) atoms. The average molecular weight is 348 g/mol. The van der Waals surface area contributed by atoms with Crippen molar-refractivity contribution in [2.75, 3.05) is 26.7 Å². The van der Waals surface area contributed by atoms with Gasteiger partial charge in [0.15, 0.2) is 0 Å². The van der Waals surface area contributed by atoms with Crippen LogP contribution >= 0.6 is 15.9 Å². The van der Waals surface area contributed by atoms with Gasteiger partial charge in [0, 0.05) is 42.0 Å². The van der Waals surface area contributed by atoms with Crippen molar-refractivity contribution in [3.05, 3.63) is 22.9 Å². The molecular weight excluding hydrogens is 330 g/mol. The fourth-order valence-corrected chi connectivity index (χ4v) is 4.18. The van der Waals surface area contributed by atoms with Gasteiger partial charge >= 0.3 is 0 Å². The fraction of sp³-hybridized carbons (Fsp3) is 0.583. The highest BCUT2D eigenvalue weighted by Crippen LogP contribution is 2.25. The molecule has 1 fully saturated rings. The number of sulfonamides is 1. The van der Waals surface area contributed by atoms with Gasteiger partial charge < -0.3 is 0 Å². The zero-order valence-corrected chi connectivity index (χ0v) is 13.7.